The Labute approximate surface area is 119 Å². The smallest absolute Gasteiger partial charge is 0.330 e. The lowest BCUT2D eigenvalue weighted by Crippen LogP contribution is -2.33. The molecule has 0 spiro atoms. The van der Waals surface area contributed by atoms with Crippen LogP contribution in [0.15, 0.2) is 15.8 Å². The summed E-state index contributed by atoms with van der Waals surface area (Å²) in [6, 6.07) is 0. The van der Waals surface area contributed by atoms with E-state index in [9.17, 15) is 9.59 Å². The number of hydrogen-bond donors (Lipinski definition) is 1. The summed E-state index contributed by atoms with van der Waals surface area (Å²) in [7, 11) is 0. The summed E-state index contributed by atoms with van der Waals surface area (Å²) in [5, 5.41) is 0. The number of H-pyrrole nitrogens is 1. The number of aromatic amines is 1. The molecule has 20 heavy (non-hydrogen) atoms. The molecule has 1 saturated heterocycles. The van der Waals surface area contributed by atoms with Crippen LogP contribution < -0.4 is 11.2 Å². The molecule has 0 aromatic carbocycles. The monoisotopic (exact) mass is 280 g/mol. The fourth-order valence-corrected chi connectivity index (χ4v) is 2.99. The molecule has 2 heterocycles. The van der Waals surface area contributed by atoms with Crippen LogP contribution in [-0.2, 0) is 4.74 Å². The lowest BCUT2D eigenvalue weighted by atomic mass is 9.87. The highest BCUT2D eigenvalue weighted by Gasteiger charge is 2.37. The van der Waals surface area contributed by atoms with Gasteiger partial charge in [-0.15, -0.1) is 0 Å². The summed E-state index contributed by atoms with van der Waals surface area (Å²) < 4.78 is 7.61. The van der Waals surface area contributed by atoms with Crippen molar-refractivity contribution in [1.29, 1.82) is 0 Å². The van der Waals surface area contributed by atoms with E-state index in [2.05, 4.69) is 25.8 Å². The maximum absolute atomic E-state index is 11.9. The van der Waals surface area contributed by atoms with Gasteiger partial charge in [0, 0.05) is 11.8 Å². The average molecular weight is 280 g/mol. The number of rotatable bonds is 4. The normalized spacial score (nSPS) is 26.4. The molecule has 5 nitrogen and oxygen atoms in total. The van der Waals surface area contributed by atoms with Crippen LogP contribution in [0.2, 0.25) is 0 Å². The molecule has 1 aliphatic heterocycles. The summed E-state index contributed by atoms with van der Waals surface area (Å²) in [6.45, 7) is 8.23. The van der Waals surface area contributed by atoms with Crippen molar-refractivity contribution in [2.24, 2.45) is 11.8 Å². The zero-order valence-electron chi connectivity index (χ0n) is 12.7. The van der Waals surface area contributed by atoms with E-state index in [1.165, 1.54) is 4.57 Å². The molecule has 1 aromatic heterocycles. The third-order valence-corrected chi connectivity index (χ3v) is 4.17. The summed E-state index contributed by atoms with van der Waals surface area (Å²) >= 11 is 0. The van der Waals surface area contributed by atoms with E-state index in [1.54, 1.807) is 13.1 Å². The molecule has 112 valence electrons. The standard InChI is InChI=1S/C15H24N2O3/c1-5-6-12-11(9(2)3)7-13(20-12)17-8-10(4)14(18)16-15(17)19/h8-9,11-13H,5-7H2,1-4H3,(H,16,18,19)/t11-,12+,13+/m0/s1. The summed E-state index contributed by atoms with van der Waals surface area (Å²) in [4.78, 5) is 25.7. The molecule has 1 fully saturated rings. The molecule has 2 rings (SSSR count). The maximum atomic E-state index is 11.9. The van der Waals surface area contributed by atoms with E-state index in [0.717, 1.165) is 19.3 Å². The molecule has 1 N–H and O–H groups in total. The SMILES string of the molecule is CCC[C@H]1O[C@@H](n2cc(C)c(=O)[nH]c2=O)C[C@H]1C(C)C. The zero-order chi connectivity index (χ0) is 14.9. The van der Waals surface area contributed by atoms with Crippen LogP contribution in [-0.4, -0.2) is 15.7 Å². The van der Waals surface area contributed by atoms with Crippen LogP contribution in [0.5, 0.6) is 0 Å². The molecule has 0 saturated carbocycles. The van der Waals surface area contributed by atoms with Gasteiger partial charge >= 0.3 is 5.69 Å². The van der Waals surface area contributed by atoms with Crippen LogP contribution in [0, 0.1) is 18.8 Å². The minimum absolute atomic E-state index is 0.198. The molecular formula is C15H24N2O3. The third-order valence-electron chi connectivity index (χ3n) is 4.17. The Bertz CT molecular complexity index is 573. The topological polar surface area (TPSA) is 64.1 Å². The Morgan fingerprint density at radius 3 is 2.75 bits per heavy atom. The first-order valence-corrected chi connectivity index (χ1v) is 7.41. The van der Waals surface area contributed by atoms with Crippen molar-refractivity contribution < 1.29 is 4.74 Å². The molecule has 0 amide bonds. The Kier molecular flexibility index (Phi) is 4.48. The molecule has 1 aliphatic rings. The van der Waals surface area contributed by atoms with E-state index in [0.29, 0.717) is 17.4 Å². The first-order chi connectivity index (χ1) is 9.43. The van der Waals surface area contributed by atoms with Gasteiger partial charge in [0.15, 0.2) is 0 Å². The van der Waals surface area contributed by atoms with E-state index < -0.39 is 0 Å². The zero-order valence-corrected chi connectivity index (χ0v) is 12.7. The largest absolute Gasteiger partial charge is 0.354 e. The van der Waals surface area contributed by atoms with Gasteiger partial charge in [0.2, 0.25) is 0 Å². The van der Waals surface area contributed by atoms with Crippen molar-refractivity contribution in [3.05, 3.63) is 32.6 Å². The fourth-order valence-electron chi connectivity index (χ4n) is 2.99. The Balaban J connectivity index is 2.29. The van der Waals surface area contributed by atoms with Gasteiger partial charge in [-0.1, -0.05) is 27.2 Å². The third kappa shape index (κ3) is 2.87. The minimum atomic E-state index is -0.384. The second kappa shape index (κ2) is 5.95. The van der Waals surface area contributed by atoms with Gasteiger partial charge < -0.3 is 4.74 Å². The number of nitrogens with one attached hydrogen (secondary N) is 1. The van der Waals surface area contributed by atoms with E-state index in [-0.39, 0.29) is 23.6 Å². The minimum Gasteiger partial charge on any atom is -0.354 e. The quantitative estimate of drug-likeness (QED) is 0.919. The van der Waals surface area contributed by atoms with E-state index >= 15 is 0 Å². The molecule has 3 atom stereocenters. The van der Waals surface area contributed by atoms with Crippen molar-refractivity contribution in [3.63, 3.8) is 0 Å². The van der Waals surface area contributed by atoms with Crippen LogP contribution in [0.4, 0.5) is 0 Å². The van der Waals surface area contributed by atoms with Gasteiger partial charge in [-0.2, -0.15) is 0 Å². The molecular weight excluding hydrogens is 256 g/mol. The maximum Gasteiger partial charge on any atom is 0.330 e. The van der Waals surface area contributed by atoms with Crippen molar-refractivity contribution in [2.45, 2.75) is 59.3 Å². The number of aromatic nitrogens is 2. The molecule has 0 bridgehead atoms. The highest BCUT2D eigenvalue weighted by molar-refractivity contribution is 5.02. The van der Waals surface area contributed by atoms with E-state index in [4.69, 9.17) is 4.74 Å². The molecule has 0 radical (unpaired) electrons. The van der Waals surface area contributed by atoms with Crippen LogP contribution in [0.25, 0.3) is 0 Å². The Morgan fingerprint density at radius 1 is 1.45 bits per heavy atom. The Morgan fingerprint density at radius 2 is 2.15 bits per heavy atom. The fraction of sp³-hybridized carbons (Fsp3) is 0.733. The highest BCUT2D eigenvalue weighted by atomic mass is 16.5. The lowest BCUT2D eigenvalue weighted by molar-refractivity contribution is -0.0145. The highest BCUT2D eigenvalue weighted by Crippen LogP contribution is 2.38. The molecule has 5 heteroatoms. The number of nitrogens with zero attached hydrogens (tertiary/aromatic N) is 1. The van der Waals surface area contributed by atoms with Crippen molar-refractivity contribution in [2.75, 3.05) is 0 Å². The van der Waals surface area contributed by atoms with E-state index in [1.807, 2.05) is 0 Å². The molecule has 0 unspecified atom stereocenters. The second-order valence-electron chi connectivity index (χ2n) is 6.04. The molecule has 1 aromatic rings. The second-order valence-corrected chi connectivity index (χ2v) is 6.04. The van der Waals surface area contributed by atoms with Gasteiger partial charge in [0.05, 0.1) is 6.10 Å². The lowest BCUT2D eigenvalue weighted by Gasteiger charge is -2.20. The van der Waals surface area contributed by atoms with Crippen molar-refractivity contribution in [3.8, 4) is 0 Å². The molecule has 0 aliphatic carbocycles. The number of ether oxygens (including phenoxy) is 1. The first-order valence-electron chi connectivity index (χ1n) is 7.41. The summed E-state index contributed by atoms with van der Waals surface area (Å²) in [5.41, 5.74) is -0.173. The average Bonchev–Trinajstić information content (AvgIpc) is 2.78. The van der Waals surface area contributed by atoms with Gasteiger partial charge in [0.1, 0.15) is 6.23 Å². The van der Waals surface area contributed by atoms with Crippen LogP contribution >= 0.6 is 0 Å². The van der Waals surface area contributed by atoms with Crippen LogP contribution in [0.3, 0.4) is 0 Å². The number of aryl methyl sites for hydroxylation is 1. The van der Waals surface area contributed by atoms with Crippen molar-refractivity contribution in [1.82, 2.24) is 9.55 Å². The Hall–Kier alpha value is -1.36. The van der Waals surface area contributed by atoms with Gasteiger partial charge in [0.25, 0.3) is 5.56 Å². The van der Waals surface area contributed by atoms with Crippen molar-refractivity contribution >= 4 is 0 Å². The summed E-state index contributed by atoms with van der Waals surface area (Å²) in [5.74, 6) is 0.982. The predicted molar refractivity (Wildman–Crippen MR) is 77.8 cm³/mol. The first kappa shape index (κ1) is 15.0. The van der Waals surface area contributed by atoms with Gasteiger partial charge in [-0.3, -0.25) is 14.3 Å². The summed E-state index contributed by atoms with van der Waals surface area (Å²) in [6.07, 6.45) is 4.45. The predicted octanol–water partition coefficient (Wildman–Crippen LogP) is 2.20. The van der Waals surface area contributed by atoms with Gasteiger partial charge in [-0.25, -0.2) is 4.79 Å². The number of hydrogen-bond acceptors (Lipinski definition) is 3. The van der Waals surface area contributed by atoms with Gasteiger partial charge in [-0.05, 0) is 31.6 Å². The van der Waals surface area contributed by atoms with Crippen LogP contribution in [0.1, 0.15) is 51.8 Å².